The zero-order chi connectivity index (χ0) is 12.0. The number of ether oxygens (including phenoxy) is 1. The Hall–Kier alpha value is -1.20. The Morgan fingerprint density at radius 3 is 3.00 bits per heavy atom. The highest BCUT2D eigenvalue weighted by Crippen LogP contribution is 2.15. The van der Waals surface area contributed by atoms with Crippen LogP contribution in [0.5, 0.6) is 0 Å². The van der Waals surface area contributed by atoms with E-state index in [-0.39, 0.29) is 6.04 Å². The Morgan fingerprint density at radius 2 is 2.44 bits per heavy atom. The molecule has 1 aromatic heterocycles. The van der Waals surface area contributed by atoms with Crippen molar-refractivity contribution in [1.82, 2.24) is 4.98 Å². The van der Waals surface area contributed by atoms with Crippen LogP contribution in [0.4, 0.5) is 5.69 Å². The van der Waals surface area contributed by atoms with E-state index in [1.165, 1.54) is 0 Å². The van der Waals surface area contributed by atoms with Gasteiger partial charge in [0.15, 0.2) is 0 Å². The molecule has 0 spiro atoms. The molecule has 5 heteroatoms. The average Bonchev–Trinajstić information content (AvgIpc) is 2.29. The summed E-state index contributed by atoms with van der Waals surface area (Å²) in [6, 6.07) is 2.05. The Labute approximate surface area is 101 Å². The lowest BCUT2D eigenvalue weighted by Gasteiger charge is -2.18. The van der Waals surface area contributed by atoms with Crippen molar-refractivity contribution in [3.8, 4) is 0 Å². The van der Waals surface area contributed by atoms with Crippen LogP contribution >= 0.6 is 12.2 Å². The molecule has 0 saturated heterocycles. The monoisotopic (exact) mass is 239 g/mol. The van der Waals surface area contributed by atoms with E-state index in [9.17, 15) is 0 Å². The summed E-state index contributed by atoms with van der Waals surface area (Å²) < 4.78 is 5.12. The molecule has 1 rings (SSSR count). The van der Waals surface area contributed by atoms with Crippen LogP contribution in [0.1, 0.15) is 18.9 Å². The van der Waals surface area contributed by atoms with E-state index in [1.54, 1.807) is 19.5 Å². The number of thiocarbonyl (C=S) groups is 1. The second-order valence-electron chi connectivity index (χ2n) is 3.49. The molecule has 1 unspecified atom stereocenters. The summed E-state index contributed by atoms with van der Waals surface area (Å²) in [4.78, 5) is 4.43. The first-order valence-electron chi connectivity index (χ1n) is 5.18. The van der Waals surface area contributed by atoms with Gasteiger partial charge in [-0.2, -0.15) is 0 Å². The van der Waals surface area contributed by atoms with E-state index < -0.39 is 0 Å². The van der Waals surface area contributed by atoms with Crippen LogP contribution in [0.3, 0.4) is 0 Å². The van der Waals surface area contributed by atoms with Crippen molar-refractivity contribution in [2.45, 2.75) is 19.4 Å². The van der Waals surface area contributed by atoms with Crippen molar-refractivity contribution in [1.29, 1.82) is 0 Å². The van der Waals surface area contributed by atoms with Crippen LogP contribution in [-0.4, -0.2) is 29.7 Å². The molecule has 1 heterocycles. The number of nitrogens with one attached hydrogen (secondary N) is 1. The zero-order valence-electron chi connectivity index (χ0n) is 9.56. The van der Waals surface area contributed by atoms with Gasteiger partial charge in [-0.05, 0) is 12.5 Å². The summed E-state index contributed by atoms with van der Waals surface area (Å²) in [7, 11) is 1.68. The van der Waals surface area contributed by atoms with Gasteiger partial charge in [0.1, 0.15) is 4.99 Å². The van der Waals surface area contributed by atoms with Gasteiger partial charge in [-0.15, -0.1) is 0 Å². The molecule has 16 heavy (non-hydrogen) atoms. The minimum Gasteiger partial charge on any atom is -0.389 e. The number of nitrogens with two attached hydrogens (primary N) is 1. The molecular formula is C11H17N3OS. The number of hydrogen-bond donors (Lipinski definition) is 2. The molecule has 1 aromatic rings. The topological polar surface area (TPSA) is 60.2 Å². The molecule has 0 fully saturated rings. The van der Waals surface area contributed by atoms with Gasteiger partial charge in [0, 0.05) is 24.9 Å². The maximum atomic E-state index is 5.64. The summed E-state index contributed by atoms with van der Waals surface area (Å²) in [5.74, 6) is 0. The normalized spacial score (nSPS) is 12.1. The molecule has 0 saturated carbocycles. The average molecular weight is 239 g/mol. The summed E-state index contributed by atoms with van der Waals surface area (Å²) in [6.07, 6.45) is 4.36. The van der Waals surface area contributed by atoms with Gasteiger partial charge >= 0.3 is 0 Å². The summed E-state index contributed by atoms with van der Waals surface area (Å²) in [5, 5.41) is 3.32. The van der Waals surface area contributed by atoms with Crippen LogP contribution < -0.4 is 11.1 Å². The molecule has 88 valence electrons. The van der Waals surface area contributed by atoms with Crippen molar-refractivity contribution in [3.63, 3.8) is 0 Å². The first-order chi connectivity index (χ1) is 7.69. The van der Waals surface area contributed by atoms with Crippen molar-refractivity contribution in [2.75, 3.05) is 19.0 Å². The molecule has 0 amide bonds. The quantitative estimate of drug-likeness (QED) is 0.738. The van der Waals surface area contributed by atoms with Gasteiger partial charge in [-0.3, -0.25) is 4.98 Å². The van der Waals surface area contributed by atoms with Crippen molar-refractivity contribution in [2.24, 2.45) is 5.73 Å². The fourth-order valence-corrected chi connectivity index (χ4v) is 1.59. The molecule has 4 nitrogen and oxygen atoms in total. The minimum absolute atomic E-state index is 0.238. The number of nitrogens with zero attached hydrogens (tertiary/aromatic N) is 1. The van der Waals surface area contributed by atoms with Gasteiger partial charge in [0.2, 0.25) is 0 Å². The van der Waals surface area contributed by atoms with E-state index in [2.05, 4.69) is 17.2 Å². The van der Waals surface area contributed by atoms with Crippen molar-refractivity contribution >= 4 is 22.9 Å². The van der Waals surface area contributed by atoms with Crippen molar-refractivity contribution < 1.29 is 4.74 Å². The lowest BCUT2D eigenvalue weighted by atomic mass is 10.2. The Bertz CT molecular complexity index is 357. The largest absolute Gasteiger partial charge is 0.389 e. The number of anilines is 1. The Kier molecular flexibility index (Phi) is 5.14. The second kappa shape index (κ2) is 6.40. The third kappa shape index (κ3) is 3.43. The van der Waals surface area contributed by atoms with Gasteiger partial charge in [-0.25, -0.2) is 0 Å². The lowest BCUT2D eigenvalue weighted by Crippen LogP contribution is -2.25. The minimum atomic E-state index is 0.238. The number of methoxy groups -OCH3 is 1. The first-order valence-corrected chi connectivity index (χ1v) is 5.59. The van der Waals surface area contributed by atoms with Crippen molar-refractivity contribution in [3.05, 3.63) is 24.0 Å². The molecule has 3 N–H and O–H groups in total. The van der Waals surface area contributed by atoms with Gasteiger partial charge in [-0.1, -0.05) is 19.1 Å². The fraction of sp³-hybridized carbons (Fsp3) is 0.455. The van der Waals surface area contributed by atoms with Crippen LogP contribution in [-0.2, 0) is 4.74 Å². The molecule has 0 bridgehead atoms. The van der Waals surface area contributed by atoms with E-state index in [1.807, 2.05) is 6.07 Å². The van der Waals surface area contributed by atoms with Gasteiger partial charge in [0.05, 0.1) is 18.5 Å². The molecule has 0 aliphatic rings. The molecule has 1 atom stereocenters. The molecule has 0 aromatic carbocycles. The van der Waals surface area contributed by atoms with Crippen LogP contribution in [0.25, 0.3) is 0 Å². The van der Waals surface area contributed by atoms with Crippen LogP contribution in [0.15, 0.2) is 18.5 Å². The highest BCUT2D eigenvalue weighted by Gasteiger charge is 2.10. The maximum Gasteiger partial charge on any atom is 0.106 e. The zero-order valence-corrected chi connectivity index (χ0v) is 10.4. The maximum absolute atomic E-state index is 5.64. The van der Waals surface area contributed by atoms with Gasteiger partial charge in [0.25, 0.3) is 0 Å². The number of rotatable bonds is 6. The number of pyridine rings is 1. The molecule has 0 aliphatic heterocycles. The second-order valence-corrected chi connectivity index (χ2v) is 3.93. The standard InChI is InChI=1S/C11H17N3OS/c1-3-8(7-15-2)14-10-6-13-5-4-9(10)11(12)16/h4-6,8,14H,3,7H2,1-2H3,(H2,12,16). The molecule has 0 aliphatic carbocycles. The lowest BCUT2D eigenvalue weighted by molar-refractivity contribution is 0.184. The van der Waals surface area contributed by atoms with E-state index >= 15 is 0 Å². The summed E-state index contributed by atoms with van der Waals surface area (Å²) in [5.41, 5.74) is 7.32. The number of aromatic nitrogens is 1. The summed E-state index contributed by atoms with van der Waals surface area (Å²) >= 11 is 4.98. The van der Waals surface area contributed by atoms with E-state index in [0.717, 1.165) is 17.7 Å². The van der Waals surface area contributed by atoms with E-state index in [4.69, 9.17) is 22.7 Å². The highest BCUT2D eigenvalue weighted by atomic mass is 32.1. The third-order valence-corrected chi connectivity index (χ3v) is 2.53. The molecule has 0 radical (unpaired) electrons. The third-order valence-electron chi connectivity index (χ3n) is 2.31. The fourth-order valence-electron chi connectivity index (χ4n) is 1.41. The SMILES string of the molecule is CCC(COC)Nc1cnccc1C(N)=S. The van der Waals surface area contributed by atoms with Crippen LogP contribution in [0.2, 0.25) is 0 Å². The number of hydrogen-bond acceptors (Lipinski definition) is 4. The highest BCUT2D eigenvalue weighted by molar-refractivity contribution is 7.80. The predicted molar refractivity (Wildman–Crippen MR) is 69.7 cm³/mol. The predicted octanol–water partition coefficient (Wildman–Crippen LogP) is 1.55. The summed E-state index contributed by atoms with van der Waals surface area (Å²) in [6.45, 7) is 2.73. The molecular weight excluding hydrogens is 222 g/mol. The Balaban J connectivity index is 2.82. The Morgan fingerprint density at radius 1 is 1.69 bits per heavy atom. The van der Waals surface area contributed by atoms with E-state index in [0.29, 0.717) is 11.6 Å². The van der Waals surface area contributed by atoms with Crippen LogP contribution in [0, 0.1) is 0 Å². The smallest absolute Gasteiger partial charge is 0.106 e. The van der Waals surface area contributed by atoms with Gasteiger partial charge < -0.3 is 15.8 Å². The first kappa shape index (κ1) is 12.9.